The summed E-state index contributed by atoms with van der Waals surface area (Å²) in [7, 11) is 0. The van der Waals surface area contributed by atoms with E-state index in [9.17, 15) is 9.59 Å². The molecule has 3 N–H and O–H groups in total. The third kappa shape index (κ3) is 4.85. The first-order valence-corrected chi connectivity index (χ1v) is 7.56. The number of thiophene rings is 1. The molecule has 0 bridgehead atoms. The Bertz CT molecular complexity index is 443. The zero-order chi connectivity index (χ0) is 15.2. The van der Waals surface area contributed by atoms with Gasteiger partial charge in [-0.2, -0.15) is 0 Å². The molecule has 0 fully saturated rings. The summed E-state index contributed by atoms with van der Waals surface area (Å²) in [4.78, 5) is 23.9. The molecule has 0 spiro atoms. The van der Waals surface area contributed by atoms with Crippen LogP contribution in [0.4, 0.5) is 4.79 Å². The molecule has 0 aliphatic rings. The summed E-state index contributed by atoms with van der Waals surface area (Å²) in [5.41, 5.74) is -0.172. The standard InChI is InChI=1S/C14H22N2O3S/c1-4-6-10(12(17)18)16-13(19)15-9-14(2,3)11-7-5-8-20-11/h5,7-8,10H,4,6,9H2,1-3H3,(H,17,18)(H2,15,16,19). The van der Waals surface area contributed by atoms with E-state index in [1.165, 1.54) is 4.88 Å². The van der Waals surface area contributed by atoms with Crippen LogP contribution in [0.25, 0.3) is 0 Å². The quantitative estimate of drug-likeness (QED) is 0.724. The van der Waals surface area contributed by atoms with E-state index in [0.717, 1.165) is 0 Å². The number of amides is 2. The van der Waals surface area contributed by atoms with Gasteiger partial charge in [-0.25, -0.2) is 9.59 Å². The van der Waals surface area contributed by atoms with Crippen molar-refractivity contribution in [1.82, 2.24) is 10.6 Å². The molecule has 5 nitrogen and oxygen atoms in total. The molecule has 6 heteroatoms. The minimum absolute atomic E-state index is 0.172. The topological polar surface area (TPSA) is 78.4 Å². The van der Waals surface area contributed by atoms with Gasteiger partial charge in [0.25, 0.3) is 0 Å². The fourth-order valence-corrected chi connectivity index (χ4v) is 2.66. The zero-order valence-electron chi connectivity index (χ0n) is 12.1. The molecule has 112 valence electrons. The molecular formula is C14H22N2O3S. The Morgan fingerprint density at radius 1 is 1.45 bits per heavy atom. The van der Waals surface area contributed by atoms with Crippen LogP contribution in [-0.4, -0.2) is 29.7 Å². The molecular weight excluding hydrogens is 276 g/mol. The van der Waals surface area contributed by atoms with Crippen LogP contribution in [0.5, 0.6) is 0 Å². The third-order valence-electron chi connectivity index (χ3n) is 3.06. The van der Waals surface area contributed by atoms with E-state index >= 15 is 0 Å². The van der Waals surface area contributed by atoms with Gasteiger partial charge < -0.3 is 15.7 Å². The number of carbonyl (C=O) groups is 2. The van der Waals surface area contributed by atoms with E-state index in [1.807, 2.05) is 38.3 Å². The van der Waals surface area contributed by atoms with Crippen molar-refractivity contribution in [2.24, 2.45) is 0 Å². The van der Waals surface area contributed by atoms with E-state index in [-0.39, 0.29) is 5.41 Å². The van der Waals surface area contributed by atoms with E-state index in [1.54, 1.807) is 11.3 Å². The lowest BCUT2D eigenvalue weighted by Crippen LogP contribution is -2.48. The fourth-order valence-electron chi connectivity index (χ4n) is 1.81. The second-order valence-electron chi connectivity index (χ2n) is 5.37. The van der Waals surface area contributed by atoms with Crippen LogP contribution in [0.15, 0.2) is 17.5 Å². The summed E-state index contributed by atoms with van der Waals surface area (Å²) in [6.45, 7) is 6.42. The molecule has 1 aromatic heterocycles. The van der Waals surface area contributed by atoms with Crippen LogP contribution in [0.3, 0.4) is 0 Å². The molecule has 0 saturated heterocycles. The van der Waals surface area contributed by atoms with Crippen molar-refractivity contribution >= 4 is 23.3 Å². The van der Waals surface area contributed by atoms with Crippen molar-refractivity contribution in [2.75, 3.05) is 6.54 Å². The number of nitrogens with one attached hydrogen (secondary N) is 2. The number of aliphatic carboxylic acids is 1. The summed E-state index contributed by atoms with van der Waals surface area (Å²) in [6, 6.07) is 2.74. The average Bonchev–Trinajstić information content (AvgIpc) is 2.90. The SMILES string of the molecule is CCCC(NC(=O)NCC(C)(C)c1cccs1)C(=O)O. The summed E-state index contributed by atoms with van der Waals surface area (Å²) in [6.07, 6.45) is 1.13. The Morgan fingerprint density at radius 2 is 2.15 bits per heavy atom. The Kier molecular flexibility index (Phi) is 6.01. The molecule has 0 aliphatic heterocycles. The van der Waals surface area contributed by atoms with E-state index in [0.29, 0.717) is 19.4 Å². The minimum Gasteiger partial charge on any atom is -0.480 e. The van der Waals surface area contributed by atoms with Crippen molar-refractivity contribution in [3.8, 4) is 0 Å². The highest BCUT2D eigenvalue weighted by molar-refractivity contribution is 7.10. The van der Waals surface area contributed by atoms with Gasteiger partial charge in [-0.3, -0.25) is 0 Å². The van der Waals surface area contributed by atoms with Gasteiger partial charge in [0.1, 0.15) is 6.04 Å². The molecule has 0 saturated carbocycles. The predicted molar refractivity (Wildman–Crippen MR) is 80.2 cm³/mol. The molecule has 1 unspecified atom stereocenters. The van der Waals surface area contributed by atoms with E-state index in [2.05, 4.69) is 10.6 Å². The number of urea groups is 1. The second kappa shape index (κ2) is 7.28. The summed E-state index contributed by atoms with van der Waals surface area (Å²) in [5, 5.41) is 16.2. The van der Waals surface area contributed by atoms with E-state index < -0.39 is 18.0 Å². The molecule has 0 aliphatic carbocycles. The highest BCUT2D eigenvalue weighted by Gasteiger charge is 2.24. The number of hydrogen-bond donors (Lipinski definition) is 3. The Labute approximate surface area is 123 Å². The first-order valence-electron chi connectivity index (χ1n) is 6.68. The molecule has 20 heavy (non-hydrogen) atoms. The lowest BCUT2D eigenvalue weighted by atomic mass is 9.91. The monoisotopic (exact) mass is 298 g/mol. The van der Waals surface area contributed by atoms with Gasteiger partial charge in [0.15, 0.2) is 0 Å². The number of carboxylic acids is 1. The van der Waals surface area contributed by atoms with Crippen molar-refractivity contribution in [3.63, 3.8) is 0 Å². The average molecular weight is 298 g/mol. The zero-order valence-corrected chi connectivity index (χ0v) is 12.9. The van der Waals surface area contributed by atoms with Crippen molar-refractivity contribution in [3.05, 3.63) is 22.4 Å². The van der Waals surface area contributed by atoms with Gasteiger partial charge in [-0.05, 0) is 17.9 Å². The van der Waals surface area contributed by atoms with Crippen molar-refractivity contribution < 1.29 is 14.7 Å². The highest BCUT2D eigenvalue weighted by Crippen LogP contribution is 2.26. The fraction of sp³-hybridized carbons (Fsp3) is 0.571. The minimum atomic E-state index is -1.00. The van der Waals surface area contributed by atoms with Gasteiger partial charge in [0.05, 0.1) is 0 Å². The smallest absolute Gasteiger partial charge is 0.326 e. The Hall–Kier alpha value is -1.56. The van der Waals surface area contributed by atoms with Crippen LogP contribution in [0.2, 0.25) is 0 Å². The molecule has 0 radical (unpaired) electrons. The first kappa shape index (κ1) is 16.5. The van der Waals surface area contributed by atoms with Crippen molar-refractivity contribution in [2.45, 2.75) is 45.1 Å². The summed E-state index contributed by atoms with van der Waals surface area (Å²) >= 11 is 1.64. The first-order chi connectivity index (χ1) is 9.36. The maximum Gasteiger partial charge on any atom is 0.326 e. The molecule has 2 amide bonds. The molecule has 0 aromatic carbocycles. The van der Waals surface area contributed by atoms with E-state index in [4.69, 9.17) is 5.11 Å². The lowest BCUT2D eigenvalue weighted by molar-refractivity contribution is -0.139. The maximum absolute atomic E-state index is 11.8. The van der Waals surface area contributed by atoms with Gasteiger partial charge in [0.2, 0.25) is 0 Å². The van der Waals surface area contributed by atoms with Crippen LogP contribution >= 0.6 is 11.3 Å². The Balaban J connectivity index is 2.48. The van der Waals surface area contributed by atoms with Gasteiger partial charge in [-0.15, -0.1) is 11.3 Å². The largest absolute Gasteiger partial charge is 0.480 e. The predicted octanol–water partition coefficient (Wildman–Crippen LogP) is 2.58. The van der Waals surface area contributed by atoms with Crippen LogP contribution < -0.4 is 10.6 Å². The molecule has 1 rings (SSSR count). The molecule has 1 aromatic rings. The normalized spacial score (nSPS) is 12.8. The second-order valence-corrected chi connectivity index (χ2v) is 6.32. The summed E-state index contributed by atoms with van der Waals surface area (Å²) < 4.78 is 0. The van der Waals surface area contributed by atoms with Crippen LogP contribution in [-0.2, 0) is 10.2 Å². The maximum atomic E-state index is 11.8. The van der Waals surface area contributed by atoms with Gasteiger partial charge in [-0.1, -0.05) is 33.3 Å². The van der Waals surface area contributed by atoms with Crippen LogP contribution in [0, 0.1) is 0 Å². The highest BCUT2D eigenvalue weighted by atomic mass is 32.1. The van der Waals surface area contributed by atoms with Crippen LogP contribution in [0.1, 0.15) is 38.5 Å². The van der Waals surface area contributed by atoms with Gasteiger partial charge >= 0.3 is 12.0 Å². The number of carbonyl (C=O) groups excluding carboxylic acids is 1. The molecule has 1 heterocycles. The summed E-state index contributed by atoms with van der Waals surface area (Å²) in [5.74, 6) is -1.00. The lowest BCUT2D eigenvalue weighted by Gasteiger charge is -2.24. The number of carboxylic acid groups (broad SMARTS) is 1. The van der Waals surface area contributed by atoms with Crippen molar-refractivity contribution in [1.29, 1.82) is 0 Å². The number of rotatable bonds is 7. The third-order valence-corrected chi connectivity index (χ3v) is 4.30. The Morgan fingerprint density at radius 3 is 2.65 bits per heavy atom. The van der Waals surface area contributed by atoms with Gasteiger partial charge in [0, 0.05) is 16.8 Å². The molecule has 1 atom stereocenters. The number of hydrogen-bond acceptors (Lipinski definition) is 3.